The molecule has 1 aromatic carbocycles. The standard InChI is InChI=1S/C14H15N3O5S/c1-22-14-6-3-10(9-16-14)8-15-12-5-4-11(23(2,20)21)7-13(12)17(18)19/h3-7,9,15H,8H2,1-2H3. The molecule has 122 valence electrons. The second-order valence-corrected chi connectivity index (χ2v) is 6.79. The molecule has 0 unspecified atom stereocenters. The van der Waals surface area contributed by atoms with Crippen molar-refractivity contribution in [2.75, 3.05) is 18.7 Å². The van der Waals surface area contributed by atoms with Crippen molar-refractivity contribution in [2.45, 2.75) is 11.4 Å². The number of sulfone groups is 1. The monoisotopic (exact) mass is 337 g/mol. The highest BCUT2D eigenvalue weighted by atomic mass is 32.2. The first kappa shape index (κ1) is 16.7. The summed E-state index contributed by atoms with van der Waals surface area (Å²) in [6.07, 6.45) is 2.59. The summed E-state index contributed by atoms with van der Waals surface area (Å²) >= 11 is 0. The molecule has 0 aliphatic rings. The van der Waals surface area contributed by atoms with Crippen molar-refractivity contribution in [2.24, 2.45) is 0 Å². The van der Waals surface area contributed by atoms with Gasteiger partial charge in [-0.2, -0.15) is 0 Å². The zero-order valence-corrected chi connectivity index (χ0v) is 13.3. The van der Waals surface area contributed by atoms with Gasteiger partial charge >= 0.3 is 0 Å². The van der Waals surface area contributed by atoms with Gasteiger partial charge in [0.05, 0.1) is 16.9 Å². The molecule has 9 heteroatoms. The summed E-state index contributed by atoms with van der Waals surface area (Å²) in [5.41, 5.74) is 0.736. The number of ether oxygens (including phenoxy) is 1. The van der Waals surface area contributed by atoms with Crippen LogP contribution in [-0.4, -0.2) is 31.7 Å². The van der Waals surface area contributed by atoms with Gasteiger partial charge < -0.3 is 10.1 Å². The number of pyridine rings is 1. The molecule has 2 rings (SSSR count). The largest absolute Gasteiger partial charge is 0.481 e. The van der Waals surface area contributed by atoms with Crippen LogP contribution in [0.2, 0.25) is 0 Å². The highest BCUT2D eigenvalue weighted by Crippen LogP contribution is 2.28. The van der Waals surface area contributed by atoms with E-state index in [0.29, 0.717) is 12.4 Å². The Balaban J connectivity index is 2.23. The molecule has 1 aromatic heterocycles. The van der Waals surface area contributed by atoms with Crippen molar-refractivity contribution >= 4 is 21.2 Å². The Kier molecular flexibility index (Phi) is 4.80. The molecule has 0 saturated heterocycles. The number of hydrogen-bond acceptors (Lipinski definition) is 7. The summed E-state index contributed by atoms with van der Waals surface area (Å²) in [5.74, 6) is 0.470. The van der Waals surface area contributed by atoms with E-state index in [1.54, 1.807) is 18.3 Å². The molecule has 0 spiro atoms. The maximum atomic E-state index is 11.5. The molecule has 0 amide bonds. The number of hydrogen-bond donors (Lipinski definition) is 1. The summed E-state index contributed by atoms with van der Waals surface area (Å²) in [6.45, 7) is 0.302. The number of methoxy groups -OCH3 is 1. The topological polar surface area (TPSA) is 111 Å². The van der Waals surface area contributed by atoms with Gasteiger partial charge in [0.2, 0.25) is 5.88 Å². The van der Waals surface area contributed by atoms with E-state index in [0.717, 1.165) is 17.9 Å². The second kappa shape index (κ2) is 6.61. The second-order valence-electron chi connectivity index (χ2n) is 4.77. The molecule has 0 bridgehead atoms. The zero-order chi connectivity index (χ0) is 17.0. The smallest absolute Gasteiger partial charge is 0.293 e. The van der Waals surface area contributed by atoms with E-state index in [-0.39, 0.29) is 16.3 Å². The molecule has 0 saturated carbocycles. The van der Waals surface area contributed by atoms with E-state index in [9.17, 15) is 18.5 Å². The van der Waals surface area contributed by atoms with E-state index >= 15 is 0 Å². The highest BCUT2D eigenvalue weighted by Gasteiger charge is 2.18. The van der Waals surface area contributed by atoms with Crippen LogP contribution in [0.25, 0.3) is 0 Å². The fourth-order valence-electron chi connectivity index (χ4n) is 1.88. The first-order valence-corrected chi connectivity index (χ1v) is 8.41. The summed E-state index contributed by atoms with van der Waals surface area (Å²) in [5, 5.41) is 14.0. The third kappa shape index (κ3) is 4.16. The van der Waals surface area contributed by atoms with Crippen LogP contribution in [0.5, 0.6) is 5.88 Å². The van der Waals surface area contributed by atoms with Crippen LogP contribution >= 0.6 is 0 Å². The minimum atomic E-state index is -3.51. The molecule has 23 heavy (non-hydrogen) atoms. The minimum absolute atomic E-state index is 0.0964. The zero-order valence-electron chi connectivity index (χ0n) is 12.5. The number of rotatable bonds is 6. The van der Waals surface area contributed by atoms with Crippen LogP contribution in [0.15, 0.2) is 41.4 Å². The van der Waals surface area contributed by atoms with Gasteiger partial charge in [-0.05, 0) is 17.7 Å². The van der Waals surface area contributed by atoms with Crippen LogP contribution in [0.1, 0.15) is 5.56 Å². The van der Waals surface area contributed by atoms with Crippen molar-refractivity contribution in [3.05, 3.63) is 52.2 Å². The summed E-state index contributed by atoms with van der Waals surface area (Å²) in [6, 6.07) is 7.21. The average molecular weight is 337 g/mol. The average Bonchev–Trinajstić information content (AvgIpc) is 2.52. The van der Waals surface area contributed by atoms with Crippen LogP contribution in [0, 0.1) is 10.1 Å². The van der Waals surface area contributed by atoms with E-state index in [2.05, 4.69) is 10.3 Å². The third-order valence-corrected chi connectivity index (χ3v) is 4.19. The van der Waals surface area contributed by atoms with Crippen molar-refractivity contribution < 1.29 is 18.1 Å². The molecule has 0 aliphatic heterocycles. The van der Waals surface area contributed by atoms with Crippen molar-refractivity contribution in [3.63, 3.8) is 0 Å². The quantitative estimate of drug-likeness (QED) is 0.634. The molecule has 0 atom stereocenters. The van der Waals surface area contributed by atoms with Crippen LogP contribution in [-0.2, 0) is 16.4 Å². The summed E-state index contributed by atoms with van der Waals surface area (Å²) < 4.78 is 27.9. The molecule has 0 aliphatic carbocycles. The van der Waals surface area contributed by atoms with Gasteiger partial charge in [-0.25, -0.2) is 13.4 Å². The van der Waals surface area contributed by atoms with Crippen LogP contribution < -0.4 is 10.1 Å². The lowest BCUT2D eigenvalue weighted by molar-refractivity contribution is -0.384. The maximum absolute atomic E-state index is 11.5. The lowest BCUT2D eigenvalue weighted by Gasteiger charge is -2.08. The maximum Gasteiger partial charge on any atom is 0.293 e. The third-order valence-electron chi connectivity index (χ3n) is 3.08. The van der Waals surface area contributed by atoms with Crippen molar-refractivity contribution in [3.8, 4) is 5.88 Å². The van der Waals surface area contributed by atoms with Gasteiger partial charge in [-0.1, -0.05) is 6.07 Å². The number of benzene rings is 1. The first-order valence-electron chi connectivity index (χ1n) is 6.52. The van der Waals surface area contributed by atoms with Gasteiger partial charge in [0.1, 0.15) is 5.69 Å². The summed E-state index contributed by atoms with van der Waals surface area (Å²) in [4.78, 5) is 14.5. The number of nitro groups is 1. The van der Waals surface area contributed by atoms with E-state index in [4.69, 9.17) is 4.74 Å². The van der Waals surface area contributed by atoms with Gasteiger partial charge in [-0.3, -0.25) is 10.1 Å². The van der Waals surface area contributed by atoms with Gasteiger partial charge in [0.15, 0.2) is 9.84 Å². The van der Waals surface area contributed by atoms with Gasteiger partial charge in [-0.15, -0.1) is 0 Å². The number of nitro benzene ring substituents is 1. The first-order chi connectivity index (χ1) is 10.8. The summed E-state index contributed by atoms with van der Waals surface area (Å²) in [7, 11) is -2.00. The fraction of sp³-hybridized carbons (Fsp3) is 0.214. The molecular formula is C14H15N3O5S. The normalized spacial score (nSPS) is 11.0. The number of aromatic nitrogens is 1. The molecule has 2 aromatic rings. The lowest BCUT2D eigenvalue weighted by atomic mass is 10.2. The SMILES string of the molecule is COc1ccc(CNc2ccc(S(C)(=O)=O)cc2[N+](=O)[O-])cn1. The number of nitrogens with one attached hydrogen (secondary N) is 1. The molecule has 1 heterocycles. The van der Waals surface area contributed by atoms with Crippen molar-refractivity contribution in [1.82, 2.24) is 4.98 Å². The predicted octanol–water partition coefficient (Wildman–Crippen LogP) is 2.01. The highest BCUT2D eigenvalue weighted by molar-refractivity contribution is 7.90. The Bertz CT molecular complexity index is 819. The molecule has 0 radical (unpaired) electrons. The van der Waals surface area contributed by atoms with E-state index < -0.39 is 14.8 Å². The van der Waals surface area contributed by atoms with Crippen LogP contribution in [0.4, 0.5) is 11.4 Å². The van der Waals surface area contributed by atoms with Gasteiger partial charge in [0.25, 0.3) is 5.69 Å². The Hall–Kier alpha value is -2.68. The molecular weight excluding hydrogens is 322 g/mol. The van der Waals surface area contributed by atoms with E-state index in [1.165, 1.54) is 19.2 Å². The Morgan fingerprint density at radius 1 is 1.30 bits per heavy atom. The molecule has 8 nitrogen and oxygen atoms in total. The lowest BCUT2D eigenvalue weighted by Crippen LogP contribution is -2.05. The fourth-order valence-corrected chi connectivity index (χ4v) is 2.52. The Morgan fingerprint density at radius 2 is 2.04 bits per heavy atom. The Morgan fingerprint density at radius 3 is 2.57 bits per heavy atom. The van der Waals surface area contributed by atoms with Crippen LogP contribution in [0.3, 0.4) is 0 Å². The molecule has 1 N–H and O–H groups in total. The predicted molar refractivity (Wildman–Crippen MR) is 84.3 cm³/mol. The molecule has 0 fully saturated rings. The number of anilines is 1. The van der Waals surface area contributed by atoms with Crippen molar-refractivity contribution in [1.29, 1.82) is 0 Å². The van der Waals surface area contributed by atoms with E-state index in [1.807, 2.05) is 0 Å². The number of nitrogens with zero attached hydrogens (tertiary/aromatic N) is 2. The van der Waals surface area contributed by atoms with Gasteiger partial charge in [0, 0.05) is 31.1 Å². The Labute approximate surface area is 133 Å². The minimum Gasteiger partial charge on any atom is -0.481 e.